The molecule has 6 heteroatoms. The maximum atomic E-state index is 14.0. The van der Waals surface area contributed by atoms with E-state index in [2.05, 4.69) is 10.6 Å². The molecule has 0 saturated heterocycles. The predicted molar refractivity (Wildman–Crippen MR) is 85.1 cm³/mol. The van der Waals surface area contributed by atoms with Crippen molar-refractivity contribution in [3.8, 4) is 5.75 Å². The Morgan fingerprint density at radius 1 is 1.17 bits per heavy atom. The van der Waals surface area contributed by atoms with Crippen LogP contribution in [0.3, 0.4) is 0 Å². The average molecular weight is 322 g/mol. The molecule has 126 valence electrons. The summed E-state index contributed by atoms with van der Waals surface area (Å²) in [5, 5.41) is 15.2. The number of halogens is 1. The molecule has 0 bridgehead atoms. The summed E-state index contributed by atoms with van der Waals surface area (Å²) in [6.07, 6.45) is 6.09. The zero-order valence-corrected chi connectivity index (χ0v) is 13.1. The standard InChI is InChI=1S/C17H23FN2O3/c18-13-10-11(8-9-16(13)23-12-4-3-5-12)19-17(22)20-14-6-1-2-7-15(14)21/h8-10,12,14-15,21H,1-7H2,(H2,19,20,22). The molecule has 3 N–H and O–H groups in total. The molecule has 3 rings (SSSR count). The second-order valence-corrected chi connectivity index (χ2v) is 6.37. The largest absolute Gasteiger partial charge is 0.487 e. The van der Waals surface area contributed by atoms with Crippen molar-refractivity contribution < 1.29 is 19.0 Å². The minimum atomic E-state index is -0.510. The highest BCUT2D eigenvalue weighted by molar-refractivity contribution is 5.89. The Morgan fingerprint density at radius 3 is 2.61 bits per heavy atom. The molecule has 0 spiro atoms. The molecule has 2 saturated carbocycles. The molecule has 2 unspecified atom stereocenters. The lowest BCUT2D eigenvalue weighted by molar-refractivity contribution is 0.0955. The summed E-state index contributed by atoms with van der Waals surface area (Å²) < 4.78 is 19.5. The van der Waals surface area contributed by atoms with Crippen LogP contribution in [-0.4, -0.2) is 29.4 Å². The van der Waals surface area contributed by atoms with Crippen LogP contribution in [-0.2, 0) is 0 Å². The van der Waals surface area contributed by atoms with Crippen LogP contribution in [0.15, 0.2) is 18.2 Å². The number of anilines is 1. The number of aliphatic hydroxyl groups is 1. The van der Waals surface area contributed by atoms with Gasteiger partial charge in [-0.05, 0) is 44.2 Å². The zero-order chi connectivity index (χ0) is 16.2. The molecule has 2 fully saturated rings. The molecule has 2 aliphatic rings. The van der Waals surface area contributed by atoms with E-state index in [1.165, 1.54) is 6.07 Å². The van der Waals surface area contributed by atoms with Crippen molar-refractivity contribution in [3.05, 3.63) is 24.0 Å². The molecule has 2 amide bonds. The first-order chi connectivity index (χ1) is 11.1. The van der Waals surface area contributed by atoms with Gasteiger partial charge in [-0.3, -0.25) is 0 Å². The van der Waals surface area contributed by atoms with Crippen LogP contribution < -0.4 is 15.4 Å². The van der Waals surface area contributed by atoms with Gasteiger partial charge in [0.1, 0.15) is 0 Å². The van der Waals surface area contributed by atoms with Crippen molar-refractivity contribution in [2.24, 2.45) is 0 Å². The maximum Gasteiger partial charge on any atom is 0.319 e. The van der Waals surface area contributed by atoms with Crippen LogP contribution in [0.4, 0.5) is 14.9 Å². The van der Waals surface area contributed by atoms with Gasteiger partial charge in [0.2, 0.25) is 0 Å². The third kappa shape index (κ3) is 4.13. The fourth-order valence-corrected chi connectivity index (χ4v) is 2.96. The number of aliphatic hydroxyl groups excluding tert-OH is 1. The molecule has 1 aromatic rings. The Balaban J connectivity index is 1.54. The van der Waals surface area contributed by atoms with E-state index < -0.39 is 18.0 Å². The van der Waals surface area contributed by atoms with E-state index in [9.17, 15) is 14.3 Å². The number of nitrogens with one attached hydrogen (secondary N) is 2. The monoisotopic (exact) mass is 322 g/mol. The number of benzene rings is 1. The quantitative estimate of drug-likeness (QED) is 0.797. The topological polar surface area (TPSA) is 70.6 Å². The van der Waals surface area contributed by atoms with E-state index in [1.54, 1.807) is 12.1 Å². The van der Waals surface area contributed by atoms with Crippen LogP contribution in [0.2, 0.25) is 0 Å². The summed E-state index contributed by atoms with van der Waals surface area (Å²) in [5.74, 6) is -0.254. The molecule has 5 nitrogen and oxygen atoms in total. The molecular weight excluding hydrogens is 299 g/mol. The summed E-state index contributed by atoms with van der Waals surface area (Å²) in [4.78, 5) is 12.0. The SMILES string of the molecule is O=C(Nc1ccc(OC2CCC2)c(F)c1)NC1CCCCC1O. The number of ether oxygens (including phenoxy) is 1. The average Bonchev–Trinajstić information content (AvgIpc) is 2.47. The lowest BCUT2D eigenvalue weighted by Crippen LogP contribution is -2.46. The van der Waals surface area contributed by atoms with Crippen molar-refractivity contribution in [2.45, 2.75) is 63.2 Å². The lowest BCUT2D eigenvalue weighted by Gasteiger charge is -2.28. The fourth-order valence-electron chi connectivity index (χ4n) is 2.96. The maximum absolute atomic E-state index is 14.0. The molecule has 0 heterocycles. The first-order valence-electron chi connectivity index (χ1n) is 8.33. The molecule has 2 atom stereocenters. The normalized spacial score (nSPS) is 24.6. The highest BCUT2D eigenvalue weighted by Gasteiger charge is 2.24. The number of carbonyl (C=O) groups is 1. The highest BCUT2D eigenvalue weighted by atomic mass is 19.1. The smallest absolute Gasteiger partial charge is 0.319 e. The second-order valence-electron chi connectivity index (χ2n) is 6.37. The van der Waals surface area contributed by atoms with E-state index in [0.717, 1.165) is 38.5 Å². The number of hydrogen-bond acceptors (Lipinski definition) is 3. The van der Waals surface area contributed by atoms with Gasteiger partial charge in [0.15, 0.2) is 11.6 Å². The fraction of sp³-hybridized carbons (Fsp3) is 0.588. The minimum Gasteiger partial charge on any atom is -0.487 e. The number of carbonyl (C=O) groups excluding carboxylic acids is 1. The molecular formula is C17H23FN2O3. The number of amides is 2. The van der Waals surface area contributed by atoms with Gasteiger partial charge in [0, 0.05) is 11.8 Å². The number of rotatable bonds is 4. The first kappa shape index (κ1) is 16.1. The molecule has 0 aliphatic heterocycles. The van der Waals surface area contributed by atoms with Gasteiger partial charge >= 0.3 is 6.03 Å². The molecule has 2 aliphatic carbocycles. The van der Waals surface area contributed by atoms with Crippen molar-refractivity contribution >= 4 is 11.7 Å². The zero-order valence-electron chi connectivity index (χ0n) is 13.1. The molecule has 1 aromatic carbocycles. The number of hydrogen-bond donors (Lipinski definition) is 3. The Hall–Kier alpha value is -1.82. The summed E-state index contributed by atoms with van der Waals surface area (Å²) in [6, 6.07) is 3.75. The Kier molecular flexibility index (Phi) is 5.00. The van der Waals surface area contributed by atoms with Crippen LogP contribution in [0, 0.1) is 5.82 Å². The second kappa shape index (κ2) is 7.17. The molecule has 0 radical (unpaired) electrons. The van der Waals surface area contributed by atoms with E-state index >= 15 is 0 Å². The van der Waals surface area contributed by atoms with Crippen LogP contribution in [0.25, 0.3) is 0 Å². The summed E-state index contributed by atoms with van der Waals surface area (Å²) in [7, 11) is 0. The van der Waals surface area contributed by atoms with Crippen LogP contribution >= 0.6 is 0 Å². The highest BCUT2D eigenvalue weighted by Crippen LogP contribution is 2.28. The van der Waals surface area contributed by atoms with Crippen molar-refractivity contribution in [2.75, 3.05) is 5.32 Å². The van der Waals surface area contributed by atoms with Gasteiger partial charge in [-0.2, -0.15) is 0 Å². The summed E-state index contributed by atoms with van der Waals surface area (Å²) in [6.45, 7) is 0. The number of urea groups is 1. The minimum absolute atomic E-state index is 0.111. The van der Waals surface area contributed by atoms with E-state index in [1.807, 2.05) is 0 Å². The van der Waals surface area contributed by atoms with Crippen LogP contribution in [0.1, 0.15) is 44.9 Å². The first-order valence-corrected chi connectivity index (χ1v) is 8.33. The third-order valence-corrected chi connectivity index (χ3v) is 4.58. The van der Waals surface area contributed by atoms with Crippen molar-refractivity contribution in [1.82, 2.24) is 5.32 Å². The lowest BCUT2D eigenvalue weighted by atomic mass is 9.93. The summed E-state index contributed by atoms with van der Waals surface area (Å²) in [5.41, 5.74) is 0.367. The predicted octanol–water partition coefficient (Wildman–Crippen LogP) is 3.18. The van der Waals surface area contributed by atoms with Gasteiger partial charge in [0.25, 0.3) is 0 Å². The Morgan fingerprint density at radius 2 is 1.96 bits per heavy atom. The van der Waals surface area contributed by atoms with Gasteiger partial charge < -0.3 is 20.5 Å². The van der Waals surface area contributed by atoms with Gasteiger partial charge in [-0.1, -0.05) is 12.8 Å². The Labute approximate surface area is 135 Å². The van der Waals surface area contributed by atoms with Gasteiger partial charge in [-0.15, -0.1) is 0 Å². The molecule has 0 aromatic heterocycles. The van der Waals surface area contributed by atoms with Crippen molar-refractivity contribution in [3.63, 3.8) is 0 Å². The van der Waals surface area contributed by atoms with E-state index in [-0.39, 0.29) is 17.9 Å². The molecule has 23 heavy (non-hydrogen) atoms. The van der Waals surface area contributed by atoms with Crippen LogP contribution in [0.5, 0.6) is 5.75 Å². The Bertz CT molecular complexity index is 563. The van der Waals surface area contributed by atoms with E-state index in [4.69, 9.17) is 4.74 Å². The van der Waals surface area contributed by atoms with Gasteiger partial charge in [0.05, 0.1) is 18.2 Å². The summed E-state index contributed by atoms with van der Waals surface area (Å²) >= 11 is 0. The third-order valence-electron chi connectivity index (χ3n) is 4.58. The van der Waals surface area contributed by atoms with Gasteiger partial charge in [-0.25, -0.2) is 9.18 Å². The van der Waals surface area contributed by atoms with E-state index in [0.29, 0.717) is 12.1 Å². The van der Waals surface area contributed by atoms with Crippen molar-refractivity contribution in [1.29, 1.82) is 0 Å².